The van der Waals surface area contributed by atoms with Crippen molar-refractivity contribution in [3.63, 3.8) is 0 Å². The van der Waals surface area contributed by atoms with Crippen molar-refractivity contribution in [2.24, 2.45) is 5.41 Å². The predicted molar refractivity (Wildman–Crippen MR) is 73.6 cm³/mol. The Morgan fingerprint density at radius 1 is 1.22 bits per heavy atom. The first-order chi connectivity index (χ1) is 8.53. The summed E-state index contributed by atoms with van der Waals surface area (Å²) in [6, 6.07) is 1.92. The lowest BCUT2D eigenvalue weighted by Gasteiger charge is -2.37. The Bertz CT molecular complexity index is 441. The molecule has 0 spiro atoms. The highest BCUT2D eigenvalue weighted by Gasteiger charge is 2.29. The minimum Gasteiger partial charge on any atom is -0.384 e. The second-order valence-electron chi connectivity index (χ2n) is 6.43. The van der Waals surface area contributed by atoms with Crippen LogP contribution in [0.2, 0.25) is 0 Å². The molecular weight excluding hydrogens is 224 g/mol. The van der Waals surface area contributed by atoms with Crippen LogP contribution in [0, 0.1) is 5.41 Å². The highest BCUT2D eigenvalue weighted by Crippen LogP contribution is 2.39. The number of hydrogen-bond acceptors (Lipinski definition) is 4. The van der Waals surface area contributed by atoms with E-state index in [4.69, 9.17) is 10.7 Å². The second kappa shape index (κ2) is 4.11. The summed E-state index contributed by atoms with van der Waals surface area (Å²) in [5, 5.41) is 0. The minimum absolute atomic E-state index is 0.467. The molecule has 1 saturated heterocycles. The van der Waals surface area contributed by atoms with E-state index in [9.17, 15) is 0 Å². The van der Waals surface area contributed by atoms with Gasteiger partial charge in [0.2, 0.25) is 0 Å². The number of hydrogen-bond donors (Lipinski definition) is 1. The van der Waals surface area contributed by atoms with Crippen LogP contribution in [0.4, 0.5) is 11.6 Å². The summed E-state index contributed by atoms with van der Waals surface area (Å²) in [5.74, 6) is 3.16. The Morgan fingerprint density at radius 3 is 2.50 bits per heavy atom. The molecule has 0 amide bonds. The van der Waals surface area contributed by atoms with E-state index >= 15 is 0 Å². The molecule has 2 fully saturated rings. The summed E-state index contributed by atoms with van der Waals surface area (Å²) in [4.78, 5) is 11.4. The van der Waals surface area contributed by atoms with Gasteiger partial charge in [-0.1, -0.05) is 13.8 Å². The maximum absolute atomic E-state index is 5.91. The van der Waals surface area contributed by atoms with Gasteiger partial charge in [-0.25, -0.2) is 9.97 Å². The number of nitrogens with two attached hydrogens (primary N) is 1. The number of nitrogen functional groups attached to an aromatic ring is 1. The highest BCUT2D eigenvalue weighted by atomic mass is 15.2. The average Bonchev–Trinajstić information content (AvgIpc) is 3.11. The predicted octanol–water partition coefficient (Wildman–Crippen LogP) is 2.56. The maximum Gasteiger partial charge on any atom is 0.136 e. The molecule has 98 valence electrons. The lowest BCUT2D eigenvalue weighted by atomic mass is 9.83. The van der Waals surface area contributed by atoms with Crippen LogP contribution in [0.15, 0.2) is 6.07 Å². The van der Waals surface area contributed by atoms with E-state index in [1.54, 1.807) is 0 Å². The first-order valence-corrected chi connectivity index (χ1v) is 6.93. The molecule has 0 radical (unpaired) electrons. The molecule has 1 aromatic rings. The average molecular weight is 246 g/mol. The second-order valence-corrected chi connectivity index (χ2v) is 6.43. The van der Waals surface area contributed by atoms with Gasteiger partial charge in [-0.3, -0.25) is 0 Å². The molecule has 18 heavy (non-hydrogen) atoms. The Hall–Kier alpha value is -1.32. The quantitative estimate of drug-likeness (QED) is 0.871. The Labute approximate surface area is 109 Å². The van der Waals surface area contributed by atoms with Crippen molar-refractivity contribution in [3.05, 3.63) is 11.9 Å². The minimum atomic E-state index is 0.467. The summed E-state index contributed by atoms with van der Waals surface area (Å²) < 4.78 is 0. The van der Waals surface area contributed by atoms with Crippen molar-refractivity contribution in [1.82, 2.24) is 9.97 Å². The number of piperidine rings is 1. The van der Waals surface area contributed by atoms with Crippen LogP contribution in [-0.2, 0) is 0 Å². The zero-order valence-corrected chi connectivity index (χ0v) is 11.3. The van der Waals surface area contributed by atoms with Crippen LogP contribution >= 0.6 is 0 Å². The first-order valence-electron chi connectivity index (χ1n) is 6.93. The van der Waals surface area contributed by atoms with Gasteiger partial charge in [0.05, 0.1) is 0 Å². The number of rotatable bonds is 2. The third kappa shape index (κ3) is 2.42. The SMILES string of the molecule is CC1(C)CCN(c2cc(N)nc(C3CC3)n2)CC1. The van der Waals surface area contributed by atoms with E-state index in [0.29, 0.717) is 17.2 Å². The summed E-state index contributed by atoms with van der Waals surface area (Å²) in [6.45, 7) is 6.84. The zero-order valence-electron chi connectivity index (χ0n) is 11.3. The highest BCUT2D eigenvalue weighted by molar-refractivity contribution is 5.48. The molecule has 1 saturated carbocycles. The molecule has 2 heterocycles. The summed E-state index contributed by atoms with van der Waals surface area (Å²) >= 11 is 0. The van der Waals surface area contributed by atoms with Crippen LogP contribution in [0.5, 0.6) is 0 Å². The normalized spacial score (nSPS) is 23.1. The van der Waals surface area contributed by atoms with Gasteiger partial charge in [-0.2, -0.15) is 0 Å². The molecule has 0 unspecified atom stereocenters. The van der Waals surface area contributed by atoms with Crippen LogP contribution in [0.25, 0.3) is 0 Å². The maximum atomic E-state index is 5.91. The Kier molecular flexibility index (Phi) is 2.68. The van der Waals surface area contributed by atoms with Gasteiger partial charge < -0.3 is 10.6 Å². The smallest absolute Gasteiger partial charge is 0.136 e. The molecule has 4 heteroatoms. The summed E-state index contributed by atoms with van der Waals surface area (Å²) in [6.07, 6.45) is 4.87. The molecule has 2 aliphatic rings. The molecule has 1 aromatic heterocycles. The summed E-state index contributed by atoms with van der Waals surface area (Å²) in [5.41, 5.74) is 6.37. The molecule has 1 aliphatic carbocycles. The monoisotopic (exact) mass is 246 g/mol. The van der Waals surface area contributed by atoms with Gasteiger partial charge in [0.25, 0.3) is 0 Å². The molecule has 0 bridgehead atoms. The van der Waals surface area contributed by atoms with Gasteiger partial charge in [-0.15, -0.1) is 0 Å². The van der Waals surface area contributed by atoms with E-state index < -0.39 is 0 Å². The van der Waals surface area contributed by atoms with E-state index in [0.717, 1.165) is 24.7 Å². The van der Waals surface area contributed by atoms with Crippen molar-refractivity contribution >= 4 is 11.6 Å². The summed E-state index contributed by atoms with van der Waals surface area (Å²) in [7, 11) is 0. The van der Waals surface area contributed by atoms with Crippen molar-refractivity contribution in [1.29, 1.82) is 0 Å². The van der Waals surface area contributed by atoms with Gasteiger partial charge in [0.15, 0.2) is 0 Å². The fourth-order valence-corrected chi connectivity index (χ4v) is 2.50. The fourth-order valence-electron chi connectivity index (χ4n) is 2.50. The largest absolute Gasteiger partial charge is 0.384 e. The molecule has 3 rings (SSSR count). The fraction of sp³-hybridized carbons (Fsp3) is 0.714. The van der Waals surface area contributed by atoms with Crippen molar-refractivity contribution in [3.8, 4) is 0 Å². The topological polar surface area (TPSA) is 55.0 Å². The third-order valence-corrected chi connectivity index (χ3v) is 4.13. The van der Waals surface area contributed by atoms with E-state index in [-0.39, 0.29) is 0 Å². The van der Waals surface area contributed by atoms with Crippen molar-refractivity contribution in [2.75, 3.05) is 23.7 Å². The lowest BCUT2D eigenvalue weighted by molar-refractivity contribution is 0.279. The van der Waals surface area contributed by atoms with Crippen LogP contribution < -0.4 is 10.6 Å². The number of nitrogens with zero attached hydrogens (tertiary/aromatic N) is 3. The van der Waals surface area contributed by atoms with Crippen molar-refractivity contribution < 1.29 is 0 Å². The number of anilines is 2. The van der Waals surface area contributed by atoms with Gasteiger partial charge in [-0.05, 0) is 31.1 Å². The van der Waals surface area contributed by atoms with Gasteiger partial charge in [0.1, 0.15) is 17.5 Å². The first kappa shape index (κ1) is 11.8. The molecule has 2 N–H and O–H groups in total. The van der Waals surface area contributed by atoms with Gasteiger partial charge >= 0.3 is 0 Å². The number of aromatic nitrogens is 2. The van der Waals surface area contributed by atoms with E-state index in [2.05, 4.69) is 23.7 Å². The molecular formula is C14H22N4. The molecule has 0 aromatic carbocycles. The van der Waals surface area contributed by atoms with Crippen LogP contribution in [0.3, 0.4) is 0 Å². The van der Waals surface area contributed by atoms with Crippen LogP contribution in [-0.4, -0.2) is 23.1 Å². The lowest BCUT2D eigenvalue weighted by Crippen LogP contribution is -2.38. The Morgan fingerprint density at radius 2 is 1.89 bits per heavy atom. The van der Waals surface area contributed by atoms with Gasteiger partial charge in [0, 0.05) is 25.1 Å². The standard InChI is InChI=1S/C14H22N4/c1-14(2)5-7-18(8-6-14)12-9-11(15)16-13(17-12)10-3-4-10/h9-10H,3-8H2,1-2H3,(H2,15,16,17). The van der Waals surface area contributed by atoms with E-state index in [1.807, 2.05) is 6.07 Å². The molecule has 4 nitrogen and oxygen atoms in total. The molecule has 1 aliphatic heterocycles. The molecule has 0 atom stereocenters. The zero-order chi connectivity index (χ0) is 12.8. The van der Waals surface area contributed by atoms with Crippen molar-refractivity contribution in [2.45, 2.75) is 45.4 Å². The van der Waals surface area contributed by atoms with Crippen LogP contribution in [0.1, 0.15) is 51.3 Å². The Balaban J connectivity index is 1.79. The van der Waals surface area contributed by atoms with E-state index in [1.165, 1.54) is 25.7 Å². The third-order valence-electron chi connectivity index (χ3n) is 4.13.